The minimum Gasteiger partial charge on any atom is -0.461 e. The van der Waals surface area contributed by atoms with Crippen molar-refractivity contribution < 1.29 is 19.4 Å². The van der Waals surface area contributed by atoms with Gasteiger partial charge in [0.1, 0.15) is 6.73 Å². The lowest BCUT2D eigenvalue weighted by Gasteiger charge is -2.16. The summed E-state index contributed by atoms with van der Waals surface area (Å²) in [6.07, 6.45) is 1.75. The minimum atomic E-state index is -1.19. The smallest absolute Gasteiger partial charge is 0.358 e. The number of benzene rings is 1. The predicted octanol–water partition coefficient (Wildman–Crippen LogP) is 6.14. The number of carbonyl (C=O) groups excluding carboxylic acids is 1. The molecule has 10 nitrogen and oxygen atoms in total. The number of hydrogen-bond acceptors (Lipinski definition) is 11. The highest BCUT2D eigenvalue weighted by molar-refractivity contribution is 7.17. The lowest BCUT2D eigenvalue weighted by Crippen LogP contribution is -2.23. The predicted molar refractivity (Wildman–Crippen MR) is 173 cm³/mol. The van der Waals surface area contributed by atoms with Crippen LogP contribution >= 0.6 is 22.7 Å². The molecule has 0 aliphatic heterocycles. The first kappa shape index (κ1) is 31.7. The third kappa shape index (κ3) is 7.78. The van der Waals surface area contributed by atoms with E-state index in [1.165, 1.54) is 11.3 Å². The molecule has 4 rings (SSSR count). The first-order chi connectivity index (χ1) is 20.0. The van der Waals surface area contributed by atoms with E-state index in [0.717, 1.165) is 33.2 Å². The first-order valence-electron chi connectivity index (χ1n) is 13.8. The number of aliphatic hydroxyl groups excluding tert-OH is 1. The third-order valence-electron chi connectivity index (χ3n) is 6.32. The van der Waals surface area contributed by atoms with Gasteiger partial charge in [-0.25, -0.2) is 9.78 Å². The minimum absolute atomic E-state index is 0.120. The van der Waals surface area contributed by atoms with Crippen molar-refractivity contribution in [3.8, 4) is 0 Å². The van der Waals surface area contributed by atoms with Gasteiger partial charge in [-0.3, -0.25) is 4.57 Å². The molecule has 0 saturated carbocycles. The standard InChI is InChI=1S/C29H38N6O4S2Si/c1-8-39-27(37)25-23(15-19(2)17-36)41-28(30-25)34(4)24-16-20(3)26(33-32-24)31-29-35(18-38-13-14-42(5,6)7)21-11-9-10-12-22(21)40-29/h9-12,15-16,36H,8,13-14,17-18H2,1-7H3/b19-15+,31-29?. The van der Waals surface area contributed by atoms with Crippen LogP contribution in [0.2, 0.25) is 25.7 Å². The van der Waals surface area contributed by atoms with Crippen molar-refractivity contribution in [2.75, 3.05) is 31.8 Å². The molecule has 42 heavy (non-hydrogen) atoms. The second-order valence-electron chi connectivity index (χ2n) is 11.1. The molecule has 0 aliphatic carbocycles. The van der Waals surface area contributed by atoms with Crippen molar-refractivity contribution >= 4 is 69.8 Å². The number of aliphatic hydroxyl groups is 1. The first-order valence-corrected chi connectivity index (χ1v) is 19.1. The Bertz CT molecular complexity index is 1650. The number of ether oxygens (including phenoxy) is 2. The van der Waals surface area contributed by atoms with E-state index in [1.807, 2.05) is 32.2 Å². The molecule has 0 radical (unpaired) electrons. The Balaban J connectivity index is 1.64. The van der Waals surface area contributed by atoms with Crippen molar-refractivity contribution in [2.45, 2.75) is 53.2 Å². The molecule has 3 heterocycles. The van der Waals surface area contributed by atoms with Gasteiger partial charge in [-0.1, -0.05) is 54.4 Å². The molecule has 1 aromatic carbocycles. The summed E-state index contributed by atoms with van der Waals surface area (Å²) in [4.78, 5) is 25.2. The van der Waals surface area contributed by atoms with Crippen LogP contribution in [0.4, 0.5) is 16.8 Å². The molecule has 224 valence electrons. The fourth-order valence-electron chi connectivity index (χ4n) is 3.87. The van der Waals surface area contributed by atoms with Gasteiger partial charge in [0.05, 0.1) is 28.3 Å². The number of anilines is 2. The zero-order valence-electron chi connectivity index (χ0n) is 25.2. The Morgan fingerprint density at radius 3 is 2.67 bits per heavy atom. The molecule has 0 atom stereocenters. The van der Waals surface area contributed by atoms with E-state index < -0.39 is 14.0 Å². The highest BCUT2D eigenvalue weighted by atomic mass is 32.1. The lowest BCUT2D eigenvalue weighted by atomic mass is 10.2. The maximum Gasteiger partial charge on any atom is 0.358 e. The van der Waals surface area contributed by atoms with E-state index in [1.54, 1.807) is 36.2 Å². The molecule has 0 aliphatic rings. The van der Waals surface area contributed by atoms with E-state index in [-0.39, 0.29) is 18.9 Å². The molecule has 0 unspecified atom stereocenters. The van der Waals surface area contributed by atoms with Gasteiger partial charge < -0.3 is 19.5 Å². The summed E-state index contributed by atoms with van der Waals surface area (Å²) in [6.45, 7) is 13.8. The van der Waals surface area contributed by atoms with Gasteiger partial charge in [-0.2, -0.15) is 4.99 Å². The molecule has 1 N–H and O–H groups in total. The average molecular weight is 627 g/mol. The third-order valence-corrected chi connectivity index (χ3v) is 10.2. The largest absolute Gasteiger partial charge is 0.461 e. The zero-order chi connectivity index (χ0) is 30.4. The second kappa shape index (κ2) is 13.8. The SMILES string of the molecule is CCOC(=O)c1nc(N(C)c2cc(C)c(N=c3sc4ccccc4n3COCC[Si](C)(C)C)nn2)sc1/C=C(\C)CO. The van der Waals surface area contributed by atoms with Crippen LogP contribution in [-0.2, 0) is 16.2 Å². The van der Waals surface area contributed by atoms with Gasteiger partial charge in [-0.15, -0.1) is 10.2 Å². The Hall–Kier alpha value is -3.23. The van der Waals surface area contributed by atoms with Crippen LogP contribution in [0.15, 0.2) is 40.9 Å². The topological polar surface area (TPSA) is 115 Å². The average Bonchev–Trinajstić information content (AvgIpc) is 3.52. The maximum absolute atomic E-state index is 12.6. The van der Waals surface area contributed by atoms with E-state index in [4.69, 9.17) is 14.5 Å². The molecule has 0 saturated heterocycles. The quantitative estimate of drug-likeness (QED) is 0.113. The van der Waals surface area contributed by atoms with Crippen LogP contribution in [-0.4, -0.2) is 65.8 Å². The van der Waals surface area contributed by atoms with Crippen molar-refractivity contribution in [3.05, 3.63) is 56.8 Å². The Kier molecular flexibility index (Phi) is 10.4. The number of carbonyl (C=O) groups is 1. The van der Waals surface area contributed by atoms with E-state index in [2.05, 4.69) is 51.5 Å². The van der Waals surface area contributed by atoms with Crippen molar-refractivity contribution in [2.24, 2.45) is 4.99 Å². The monoisotopic (exact) mass is 626 g/mol. The van der Waals surface area contributed by atoms with Crippen LogP contribution < -0.4 is 9.70 Å². The summed E-state index contributed by atoms with van der Waals surface area (Å²) < 4.78 is 14.5. The van der Waals surface area contributed by atoms with E-state index >= 15 is 0 Å². The van der Waals surface area contributed by atoms with E-state index in [9.17, 15) is 9.90 Å². The van der Waals surface area contributed by atoms with Gasteiger partial charge >= 0.3 is 5.97 Å². The van der Waals surface area contributed by atoms with Crippen LogP contribution in [0, 0.1) is 6.92 Å². The number of hydrogen-bond donors (Lipinski definition) is 1. The fraction of sp³-hybridized carbons (Fsp3) is 0.414. The molecular formula is C29H38N6O4S2Si. The highest BCUT2D eigenvalue weighted by Crippen LogP contribution is 2.32. The molecule has 0 fully saturated rings. The summed E-state index contributed by atoms with van der Waals surface area (Å²) >= 11 is 2.90. The molecule has 0 spiro atoms. The fourth-order valence-corrected chi connectivity index (χ4v) is 6.70. The van der Waals surface area contributed by atoms with Gasteiger partial charge in [-0.05, 0) is 62.2 Å². The van der Waals surface area contributed by atoms with Crippen molar-refractivity contribution in [3.63, 3.8) is 0 Å². The number of para-hydroxylation sites is 1. The lowest BCUT2D eigenvalue weighted by molar-refractivity contribution is 0.0520. The summed E-state index contributed by atoms with van der Waals surface area (Å²) in [5.41, 5.74) is 2.82. The summed E-state index contributed by atoms with van der Waals surface area (Å²) in [5.74, 6) is 0.565. The number of fused-ring (bicyclic) bond motifs is 1. The van der Waals surface area contributed by atoms with Crippen molar-refractivity contribution in [1.29, 1.82) is 0 Å². The molecule has 4 aromatic rings. The highest BCUT2D eigenvalue weighted by Gasteiger charge is 2.22. The summed E-state index contributed by atoms with van der Waals surface area (Å²) in [5, 5.41) is 18.9. The van der Waals surface area contributed by atoms with E-state index in [0.29, 0.717) is 33.9 Å². The Labute approximate surface area is 255 Å². The van der Waals surface area contributed by atoms with Crippen molar-refractivity contribution in [1.82, 2.24) is 19.7 Å². The molecule has 0 amide bonds. The number of thiazole rings is 2. The number of aromatic nitrogens is 4. The van der Waals surface area contributed by atoms with Gasteiger partial charge in [0.25, 0.3) is 0 Å². The second-order valence-corrected chi connectivity index (χ2v) is 18.7. The maximum atomic E-state index is 12.6. The zero-order valence-corrected chi connectivity index (χ0v) is 27.8. The van der Waals surface area contributed by atoms with Gasteiger partial charge in [0, 0.05) is 21.7 Å². The normalized spacial score (nSPS) is 12.8. The van der Waals surface area contributed by atoms with Gasteiger partial charge in [0.15, 0.2) is 27.3 Å². The number of aryl methyl sites for hydroxylation is 1. The molecule has 0 bridgehead atoms. The summed E-state index contributed by atoms with van der Waals surface area (Å²) in [6, 6.07) is 11.2. The Morgan fingerprint density at radius 1 is 1.21 bits per heavy atom. The van der Waals surface area contributed by atoms with Crippen LogP contribution in [0.1, 0.15) is 34.8 Å². The molecular weight excluding hydrogens is 589 g/mol. The number of rotatable bonds is 12. The van der Waals surface area contributed by atoms with Crippen LogP contribution in [0.3, 0.4) is 0 Å². The summed E-state index contributed by atoms with van der Waals surface area (Å²) in [7, 11) is 0.626. The molecule has 13 heteroatoms. The molecule has 3 aromatic heterocycles. The number of nitrogens with zero attached hydrogens (tertiary/aromatic N) is 6. The number of esters is 1. The van der Waals surface area contributed by atoms with Crippen LogP contribution in [0.25, 0.3) is 16.3 Å². The Morgan fingerprint density at radius 2 is 1.98 bits per heavy atom. The van der Waals surface area contributed by atoms with Gasteiger partial charge in [0.2, 0.25) is 0 Å². The van der Waals surface area contributed by atoms with Crippen LogP contribution in [0.5, 0.6) is 0 Å².